The lowest BCUT2D eigenvalue weighted by Crippen LogP contribution is -2.14. The van der Waals surface area contributed by atoms with Gasteiger partial charge in [0.1, 0.15) is 11.5 Å². The summed E-state index contributed by atoms with van der Waals surface area (Å²) < 4.78 is 13.0. The van der Waals surface area contributed by atoms with Crippen LogP contribution in [-0.2, 0) is 0 Å². The molecule has 1 aromatic carbocycles. The molecule has 0 atom stereocenters. The van der Waals surface area contributed by atoms with Crippen LogP contribution in [0.2, 0.25) is 0 Å². The number of rotatable bonds is 2. The number of pyridine rings is 1. The van der Waals surface area contributed by atoms with Gasteiger partial charge in [0.2, 0.25) is 5.11 Å². The van der Waals surface area contributed by atoms with E-state index in [2.05, 4.69) is 15.0 Å². The van der Waals surface area contributed by atoms with Gasteiger partial charge in [-0.15, -0.1) is 0 Å². The second-order valence-electron chi connectivity index (χ2n) is 3.95. The number of hydrogen-bond donors (Lipinski definition) is 0. The first-order valence-electron chi connectivity index (χ1n) is 5.62. The summed E-state index contributed by atoms with van der Waals surface area (Å²) in [5.74, 6) is -0.285. The Bertz CT molecular complexity index is 690. The fourth-order valence-electron chi connectivity index (χ4n) is 1.84. The van der Waals surface area contributed by atoms with E-state index in [-0.39, 0.29) is 10.9 Å². The van der Waals surface area contributed by atoms with Gasteiger partial charge in [-0.05, 0) is 48.6 Å². The Labute approximate surface area is 114 Å². The molecule has 1 aliphatic heterocycles. The first kappa shape index (κ1) is 11.8. The van der Waals surface area contributed by atoms with Gasteiger partial charge in [0.15, 0.2) is 0 Å². The molecule has 3 nitrogen and oxygen atoms in total. The van der Waals surface area contributed by atoms with Crippen LogP contribution in [0.5, 0.6) is 0 Å². The lowest BCUT2D eigenvalue weighted by atomic mass is 10.0. The van der Waals surface area contributed by atoms with Gasteiger partial charge >= 0.3 is 0 Å². The van der Waals surface area contributed by atoms with Crippen LogP contribution >= 0.6 is 12.2 Å². The third-order valence-corrected chi connectivity index (χ3v) is 2.89. The quantitative estimate of drug-likeness (QED) is 0.786. The Balaban J connectivity index is 2.06. The predicted molar refractivity (Wildman–Crippen MR) is 76.3 cm³/mol. The number of aliphatic imine (C=N–C) groups is 2. The molecule has 0 aliphatic carbocycles. The molecular weight excluding hydrogens is 261 g/mol. The maximum absolute atomic E-state index is 13.0. The number of hydrogen-bond acceptors (Lipinski definition) is 2. The van der Waals surface area contributed by atoms with E-state index >= 15 is 0 Å². The Morgan fingerprint density at radius 2 is 1.32 bits per heavy atom. The average Bonchev–Trinajstić information content (AvgIpc) is 2.83. The van der Waals surface area contributed by atoms with E-state index in [1.807, 2.05) is 12.1 Å². The monoisotopic (exact) mass is 269 g/mol. The smallest absolute Gasteiger partial charge is 0.220 e. The molecular formula is C14H8FN3S. The maximum atomic E-state index is 13.0. The molecule has 0 amide bonds. The lowest BCUT2D eigenvalue weighted by Gasteiger charge is -2.04. The highest BCUT2D eigenvalue weighted by atomic mass is 32.1. The number of benzene rings is 1. The van der Waals surface area contributed by atoms with Crippen molar-refractivity contribution in [2.24, 2.45) is 9.98 Å². The maximum Gasteiger partial charge on any atom is 0.220 e. The minimum Gasteiger partial charge on any atom is -0.265 e. The fraction of sp³-hybridized carbons (Fsp3) is 0. The molecule has 0 saturated carbocycles. The van der Waals surface area contributed by atoms with E-state index in [4.69, 9.17) is 12.2 Å². The second-order valence-corrected chi connectivity index (χ2v) is 4.31. The highest BCUT2D eigenvalue weighted by Crippen LogP contribution is 2.15. The average molecular weight is 269 g/mol. The standard InChI is InChI=1S/C14H8FN3S/c15-11-3-1-9(2-4-11)12-13(18-14(19)17-12)10-5-7-16-8-6-10/h1-8H. The third kappa shape index (κ3) is 2.32. The van der Waals surface area contributed by atoms with Crippen LogP contribution in [0.1, 0.15) is 11.1 Å². The van der Waals surface area contributed by atoms with E-state index in [9.17, 15) is 4.39 Å². The highest BCUT2D eigenvalue weighted by Gasteiger charge is 2.20. The number of halogens is 1. The Morgan fingerprint density at radius 3 is 1.89 bits per heavy atom. The van der Waals surface area contributed by atoms with Gasteiger partial charge in [0.05, 0.1) is 5.71 Å². The zero-order valence-electron chi connectivity index (χ0n) is 9.75. The molecule has 0 N–H and O–H groups in total. The summed E-state index contributed by atoms with van der Waals surface area (Å²) in [4.78, 5) is 12.5. The van der Waals surface area contributed by atoms with Crippen LogP contribution in [0.3, 0.4) is 0 Å². The summed E-state index contributed by atoms with van der Waals surface area (Å²) in [7, 11) is 0. The summed E-state index contributed by atoms with van der Waals surface area (Å²) in [6.07, 6.45) is 3.36. The molecule has 1 aromatic heterocycles. The molecule has 2 aromatic rings. The Hall–Kier alpha value is -2.27. The molecule has 0 saturated heterocycles. The van der Waals surface area contributed by atoms with Crippen LogP contribution in [0, 0.1) is 5.82 Å². The molecule has 2 heterocycles. The van der Waals surface area contributed by atoms with Crippen molar-refractivity contribution in [1.82, 2.24) is 4.98 Å². The molecule has 1 aliphatic rings. The van der Waals surface area contributed by atoms with Crippen molar-refractivity contribution in [1.29, 1.82) is 0 Å². The number of aromatic nitrogens is 1. The Kier molecular flexibility index (Phi) is 2.97. The van der Waals surface area contributed by atoms with Crippen molar-refractivity contribution >= 4 is 28.8 Å². The van der Waals surface area contributed by atoms with Gasteiger partial charge in [-0.1, -0.05) is 0 Å². The number of nitrogens with zero attached hydrogens (tertiary/aromatic N) is 3. The second kappa shape index (κ2) is 4.78. The Morgan fingerprint density at radius 1 is 0.789 bits per heavy atom. The van der Waals surface area contributed by atoms with Gasteiger partial charge in [0.25, 0.3) is 0 Å². The van der Waals surface area contributed by atoms with Crippen LogP contribution in [0.4, 0.5) is 4.39 Å². The summed E-state index contributed by atoms with van der Waals surface area (Å²) in [5, 5.41) is 0.283. The van der Waals surface area contributed by atoms with E-state index < -0.39 is 0 Å². The van der Waals surface area contributed by atoms with E-state index in [1.54, 1.807) is 24.5 Å². The van der Waals surface area contributed by atoms with E-state index in [0.717, 1.165) is 11.1 Å². The summed E-state index contributed by atoms with van der Waals surface area (Å²) in [5.41, 5.74) is 3.03. The first-order chi connectivity index (χ1) is 9.24. The summed E-state index contributed by atoms with van der Waals surface area (Å²) >= 11 is 5.03. The summed E-state index contributed by atoms with van der Waals surface area (Å²) in [6.45, 7) is 0. The van der Waals surface area contributed by atoms with Crippen molar-refractivity contribution in [3.63, 3.8) is 0 Å². The SMILES string of the molecule is Fc1ccc(C2=NC(=S)N=C2c2ccncc2)cc1. The van der Waals surface area contributed by atoms with Gasteiger partial charge in [-0.3, -0.25) is 4.98 Å². The molecule has 0 bridgehead atoms. The molecule has 0 spiro atoms. The minimum atomic E-state index is -0.285. The summed E-state index contributed by atoms with van der Waals surface area (Å²) in [6, 6.07) is 9.79. The fourth-order valence-corrected chi connectivity index (χ4v) is 2.02. The normalized spacial score (nSPS) is 14.3. The van der Waals surface area contributed by atoms with Crippen LogP contribution < -0.4 is 0 Å². The van der Waals surface area contributed by atoms with Gasteiger partial charge < -0.3 is 0 Å². The van der Waals surface area contributed by atoms with E-state index in [1.165, 1.54) is 12.1 Å². The third-order valence-electron chi connectivity index (χ3n) is 2.71. The van der Waals surface area contributed by atoms with Crippen LogP contribution in [0.15, 0.2) is 58.8 Å². The van der Waals surface area contributed by atoms with Gasteiger partial charge in [0, 0.05) is 23.5 Å². The zero-order chi connectivity index (χ0) is 13.2. The van der Waals surface area contributed by atoms with Crippen molar-refractivity contribution in [2.75, 3.05) is 0 Å². The molecule has 19 heavy (non-hydrogen) atoms. The van der Waals surface area contributed by atoms with Crippen LogP contribution in [0.25, 0.3) is 0 Å². The van der Waals surface area contributed by atoms with E-state index in [0.29, 0.717) is 11.4 Å². The predicted octanol–water partition coefficient (Wildman–Crippen LogP) is 2.80. The van der Waals surface area contributed by atoms with Crippen molar-refractivity contribution in [2.45, 2.75) is 0 Å². The largest absolute Gasteiger partial charge is 0.265 e. The molecule has 92 valence electrons. The first-order valence-corrected chi connectivity index (χ1v) is 6.03. The van der Waals surface area contributed by atoms with Gasteiger partial charge in [-0.2, -0.15) is 0 Å². The molecule has 0 fully saturated rings. The minimum absolute atomic E-state index is 0.283. The van der Waals surface area contributed by atoms with Crippen molar-refractivity contribution < 1.29 is 4.39 Å². The topological polar surface area (TPSA) is 37.6 Å². The number of thiocarbonyl (C=S) groups is 1. The molecule has 5 heteroatoms. The molecule has 0 radical (unpaired) electrons. The molecule has 3 rings (SSSR count). The zero-order valence-corrected chi connectivity index (χ0v) is 10.6. The van der Waals surface area contributed by atoms with Crippen LogP contribution in [-0.4, -0.2) is 21.5 Å². The van der Waals surface area contributed by atoms with Gasteiger partial charge in [-0.25, -0.2) is 14.4 Å². The van der Waals surface area contributed by atoms with Crippen molar-refractivity contribution in [3.05, 3.63) is 65.7 Å². The highest BCUT2D eigenvalue weighted by molar-refractivity contribution is 7.80. The lowest BCUT2D eigenvalue weighted by molar-refractivity contribution is 0.628. The van der Waals surface area contributed by atoms with Crippen molar-refractivity contribution in [3.8, 4) is 0 Å². The molecule has 0 unspecified atom stereocenters.